The summed E-state index contributed by atoms with van der Waals surface area (Å²) < 4.78 is 12.2. The zero-order chi connectivity index (χ0) is 19.2. The lowest BCUT2D eigenvalue weighted by atomic mass is 9.99. The van der Waals surface area contributed by atoms with Gasteiger partial charge in [-0.2, -0.15) is 0 Å². The van der Waals surface area contributed by atoms with Crippen molar-refractivity contribution in [2.75, 3.05) is 13.2 Å². The van der Waals surface area contributed by atoms with Gasteiger partial charge < -0.3 is 9.16 Å². The number of rotatable bonds is 9. The molecule has 0 aliphatic heterocycles. The summed E-state index contributed by atoms with van der Waals surface area (Å²) in [5.41, 5.74) is 2.77. The summed E-state index contributed by atoms with van der Waals surface area (Å²) in [7, 11) is -1.88. The summed E-state index contributed by atoms with van der Waals surface area (Å²) in [6.45, 7) is 18.9. The van der Waals surface area contributed by atoms with E-state index in [2.05, 4.69) is 48.5 Å². The van der Waals surface area contributed by atoms with E-state index in [0.717, 1.165) is 24.8 Å². The van der Waals surface area contributed by atoms with Gasteiger partial charge >= 0.3 is 5.97 Å². The van der Waals surface area contributed by atoms with Gasteiger partial charge in [0, 0.05) is 0 Å². The van der Waals surface area contributed by atoms with Crippen molar-refractivity contribution in [3.8, 4) is 0 Å². The highest BCUT2D eigenvalue weighted by Crippen LogP contribution is 2.42. The van der Waals surface area contributed by atoms with Crippen LogP contribution in [-0.4, -0.2) is 27.5 Å². The van der Waals surface area contributed by atoms with Gasteiger partial charge in [-0.1, -0.05) is 61.0 Å². The molecule has 1 rings (SSSR count). The maximum Gasteiger partial charge on any atom is 0.309 e. The zero-order valence-corrected chi connectivity index (χ0v) is 18.7. The van der Waals surface area contributed by atoms with Crippen molar-refractivity contribution >= 4 is 14.3 Å². The molecule has 0 bridgehead atoms. The topological polar surface area (TPSA) is 35.5 Å². The van der Waals surface area contributed by atoms with Gasteiger partial charge in [-0.15, -0.1) is 0 Å². The Bertz CT molecular complexity index is 432. The van der Waals surface area contributed by atoms with Crippen LogP contribution in [0.5, 0.6) is 0 Å². The van der Waals surface area contributed by atoms with Crippen LogP contribution in [0.25, 0.3) is 0 Å². The minimum atomic E-state index is -1.88. The molecule has 0 unspecified atom stereocenters. The summed E-state index contributed by atoms with van der Waals surface area (Å²) in [4.78, 5) is 12.3. The molecule has 0 aromatic carbocycles. The molecule has 0 radical (unpaired) electrons. The predicted molar refractivity (Wildman–Crippen MR) is 108 cm³/mol. The summed E-state index contributed by atoms with van der Waals surface area (Å²) in [5.74, 6) is 0.527. The Balaban J connectivity index is 2.64. The Labute approximate surface area is 156 Å². The van der Waals surface area contributed by atoms with Gasteiger partial charge in [0.05, 0.1) is 12.5 Å². The highest BCUT2D eigenvalue weighted by molar-refractivity contribution is 6.77. The molecular formula is C21H40O3Si. The first-order valence-electron chi connectivity index (χ1n) is 10.1. The third-order valence-corrected chi connectivity index (χ3v) is 12.2. The molecular weight excluding hydrogens is 328 g/mol. The van der Waals surface area contributed by atoms with Crippen molar-refractivity contribution in [1.29, 1.82) is 0 Å². The Morgan fingerprint density at radius 2 is 1.60 bits per heavy atom. The first-order valence-corrected chi connectivity index (χ1v) is 12.2. The number of hydrogen-bond donors (Lipinski definition) is 0. The number of hydrogen-bond acceptors (Lipinski definition) is 3. The molecule has 0 heterocycles. The normalized spacial score (nSPS) is 22.3. The minimum Gasteiger partial charge on any atom is -0.461 e. The van der Waals surface area contributed by atoms with Crippen molar-refractivity contribution in [2.24, 2.45) is 11.8 Å². The molecule has 0 aromatic rings. The molecule has 0 saturated heterocycles. The third-order valence-electron chi connectivity index (χ3n) is 6.19. The van der Waals surface area contributed by atoms with Gasteiger partial charge in [-0.3, -0.25) is 4.79 Å². The Morgan fingerprint density at radius 3 is 2.00 bits per heavy atom. The third kappa shape index (κ3) is 5.43. The smallest absolute Gasteiger partial charge is 0.309 e. The van der Waals surface area contributed by atoms with E-state index in [1.165, 1.54) is 0 Å². The standard InChI is InChI=1S/C21H40O3Si/c1-9-19(13-23-21(22)20-12-10-11-18(20)8)14-24-25(15(2)3,16(4)5)17(6)7/h9,15-18,20H,10-14H2,1-8H3/b19-9-/t18-,20-/m0/s1. The predicted octanol–water partition coefficient (Wildman–Crippen LogP) is 6.10. The van der Waals surface area contributed by atoms with Crippen LogP contribution >= 0.6 is 0 Å². The number of esters is 1. The molecule has 2 atom stereocenters. The van der Waals surface area contributed by atoms with Crippen molar-refractivity contribution < 1.29 is 14.0 Å². The summed E-state index contributed by atoms with van der Waals surface area (Å²) >= 11 is 0. The molecule has 1 saturated carbocycles. The van der Waals surface area contributed by atoms with Crippen molar-refractivity contribution in [3.05, 3.63) is 11.6 Å². The first-order chi connectivity index (χ1) is 11.7. The average Bonchev–Trinajstić information content (AvgIpc) is 2.95. The van der Waals surface area contributed by atoms with Crippen molar-refractivity contribution in [1.82, 2.24) is 0 Å². The fourth-order valence-corrected chi connectivity index (χ4v) is 10.1. The Kier molecular flexibility index (Phi) is 8.89. The maximum absolute atomic E-state index is 12.3. The fraction of sp³-hybridized carbons (Fsp3) is 0.857. The fourth-order valence-electron chi connectivity index (χ4n) is 4.69. The molecule has 0 spiro atoms. The Hall–Kier alpha value is -0.613. The van der Waals surface area contributed by atoms with E-state index in [1.54, 1.807) is 0 Å². The second-order valence-electron chi connectivity index (χ2n) is 8.68. The van der Waals surface area contributed by atoms with Crippen LogP contribution in [0.2, 0.25) is 16.6 Å². The molecule has 25 heavy (non-hydrogen) atoms. The number of ether oxygens (including phenoxy) is 1. The van der Waals surface area contributed by atoms with Gasteiger partial charge in [0.15, 0.2) is 0 Å². The Morgan fingerprint density at radius 1 is 1.04 bits per heavy atom. The monoisotopic (exact) mass is 368 g/mol. The van der Waals surface area contributed by atoms with Gasteiger partial charge in [0.2, 0.25) is 8.32 Å². The molecule has 4 heteroatoms. The molecule has 0 N–H and O–H groups in total. The van der Waals surface area contributed by atoms with E-state index in [-0.39, 0.29) is 11.9 Å². The van der Waals surface area contributed by atoms with E-state index in [0.29, 0.717) is 35.8 Å². The highest BCUT2D eigenvalue weighted by Gasteiger charge is 2.45. The van der Waals surface area contributed by atoms with Crippen LogP contribution in [0.3, 0.4) is 0 Å². The second kappa shape index (κ2) is 9.91. The molecule has 1 aliphatic rings. The first kappa shape index (κ1) is 22.4. The molecule has 3 nitrogen and oxygen atoms in total. The summed E-state index contributed by atoms with van der Waals surface area (Å²) in [5, 5.41) is 0. The van der Waals surface area contributed by atoms with Crippen LogP contribution in [0, 0.1) is 11.8 Å². The molecule has 0 amide bonds. The van der Waals surface area contributed by atoms with Crippen LogP contribution in [0.15, 0.2) is 11.6 Å². The largest absolute Gasteiger partial charge is 0.461 e. The SMILES string of the molecule is C/C=C(/COC(=O)[C@H]1CCC[C@@H]1C)CO[Si](C(C)C)(C(C)C)C(C)C. The highest BCUT2D eigenvalue weighted by atomic mass is 28.4. The van der Waals surface area contributed by atoms with E-state index in [1.807, 2.05) is 13.0 Å². The van der Waals surface area contributed by atoms with E-state index in [9.17, 15) is 4.79 Å². The maximum atomic E-state index is 12.3. The lowest BCUT2D eigenvalue weighted by Crippen LogP contribution is -2.48. The molecule has 0 aromatic heterocycles. The van der Waals surface area contributed by atoms with Gasteiger partial charge in [0.1, 0.15) is 6.61 Å². The van der Waals surface area contributed by atoms with E-state index >= 15 is 0 Å². The summed E-state index contributed by atoms with van der Waals surface area (Å²) in [6.07, 6.45) is 5.31. The van der Waals surface area contributed by atoms with Crippen LogP contribution in [-0.2, 0) is 14.0 Å². The van der Waals surface area contributed by atoms with Crippen molar-refractivity contribution in [3.63, 3.8) is 0 Å². The summed E-state index contributed by atoms with van der Waals surface area (Å²) in [6, 6.07) is 0. The van der Waals surface area contributed by atoms with Crippen LogP contribution < -0.4 is 0 Å². The number of allylic oxidation sites excluding steroid dienone is 1. The lowest BCUT2D eigenvalue weighted by molar-refractivity contribution is -0.148. The van der Waals surface area contributed by atoms with E-state index in [4.69, 9.17) is 9.16 Å². The van der Waals surface area contributed by atoms with Gasteiger partial charge in [0.25, 0.3) is 0 Å². The molecule has 1 aliphatic carbocycles. The minimum absolute atomic E-state index is 0.0237. The number of carbonyl (C=O) groups excluding carboxylic acids is 1. The van der Waals surface area contributed by atoms with Crippen molar-refractivity contribution in [2.45, 2.75) is 91.3 Å². The van der Waals surface area contributed by atoms with Crippen LogP contribution in [0.1, 0.15) is 74.7 Å². The molecule has 146 valence electrons. The van der Waals surface area contributed by atoms with Gasteiger partial charge in [-0.25, -0.2) is 0 Å². The van der Waals surface area contributed by atoms with Crippen LogP contribution in [0.4, 0.5) is 0 Å². The van der Waals surface area contributed by atoms with Gasteiger partial charge in [-0.05, 0) is 47.9 Å². The lowest BCUT2D eigenvalue weighted by Gasteiger charge is -2.42. The quantitative estimate of drug-likeness (QED) is 0.280. The number of carbonyl (C=O) groups is 1. The van der Waals surface area contributed by atoms with E-state index < -0.39 is 8.32 Å². The molecule has 1 fully saturated rings. The second-order valence-corrected chi connectivity index (χ2v) is 14.1. The average molecular weight is 369 g/mol. The zero-order valence-electron chi connectivity index (χ0n) is 17.7.